The van der Waals surface area contributed by atoms with Gasteiger partial charge in [0.2, 0.25) is 5.91 Å². The summed E-state index contributed by atoms with van der Waals surface area (Å²) in [5.41, 5.74) is 0.100. The molecule has 2 aromatic rings. The first-order valence-corrected chi connectivity index (χ1v) is 8.51. The quantitative estimate of drug-likeness (QED) is 0.882. The van der Waals surface area contributed by atoms with Crippen LogP contribution < -0.4 is 5.32 Å². The van der Waals surface area contributed by atoms with E-state index in [0.29, 0.717) is 0 Å². The highest BCUT2D eigenvalue weighted by Crippen LogP contribution is 2.22. The Hall–Kier alpha value is -1.79. The molecule has 0 heterocycles. The predicted octanol–water partition coefficient (Wildman–Crippen LogP) is 3.89. The van der Waals surface area contributed by atoms with Gasteiger partial charge in [0, 0.05) is 21.4 Å². The molecule has 0 aliphatic heterocycles. The topological polar surface area (TPSA) is 46.2 Å². The van der Waals surface area contributed by atoms with Crippen molar-refractivity contribution in [1.82, 2.24) is 0 Å². The third kappa shape index (κ3) is 4.36. The molecule has 0 saturated carbocycles. The normalized spacial score (nSPS) is 13.4. The highest BCUT2D eigenvalue weighted by molar-refractivity contribution is 7.85. The number of benzene rings is 2. The fraction of sp³-hybridized carbons (Fsp3) is 0.188. The van der Waals surface area contributed by atoms with Gasteiger partial charge < -0.3 is 5.32 Å². The number of hydrogen-bond donors (Lipinski definition) is 1. The summed E-state index contributed by atoms with van der Waals surface area (Å²) in [6.07, 6.45) is 0. The number of carbonyl (C=O) groups is 1. The van der Waals surface area contributed by atoms with Crippen LogP contribution in [-0.4, -0.2) is 15.4 Å². The lowest BCUT2D eigenvalue weighted by atomic mass is 10.2. The van der Waals surface area contributed by atoms with Gasteiger partial charge in [0.05, 0.1) is 11.4 Å². The zero-order chi connectivity index (χ0) is 17.0. The van der Waals surface area contributed by atoms with Gasteiger partial charge in [0.1, 0.15) is 16.9 Å². The van der Waals surface area contributed by atoms with Crippen LogP contribution in [0.1, 0.15) is 12.5 Å². The Kier molecular flexibility index (Phi) is 5.85. The SMILES string of the molecule is C[C@H](C(=O)Nc1ccccc1F)[S@@](=O)Cc1c(F)cccc1Cl. The first-order chi connectivity index (χ1) is 10.9. The molecule has 0 unspecified atom stereocenters. The van der Waals surface area contributed by atoms with Gasteiger partial charge in [-0.25, -0.2) is 8.78 Å². The number of carbonyl (C=O) groups excluding carboxylic acids is 1. The molecule has 122 valence electrons. The van der Waals surface area contributed by atoms with Gasteiger partial charge in [-0.3, -0.25) is 9.00 Å². The fourth-order valence-electron chi connectivity index (χ4n) is 1.85. The fourth-order valence-corrected chi connectivity index (χ4v) is 3.29. The van der Waals surface area contributed by atoms with E-state index in [4.69, 9.17) is 11.6 Å². The van der Waals surface area contributed by atoms with Crippen LogP contribution in [0.3, 0.4) is 0 Å². The van der Waals surface area contributed by atoms with Crippen molar-refractivity contribution in [1.29, 1.82) is 0 Å². The molecule has 2 aromatic carbocycles. The summed E-state index contributed by atoms with van der Waals surface area (Å²) in [6, 6.07) is 9.81. The maximum absolute atomic E-state index is 13.7. The molecular weight excluding hydrogens is 344 g/mol. The molecular formula is C16H14ClF2NO2S. The molecule has 0 radical (unpaired) electrons. The Labute approximate surface area is 140 Å². The number of nitrogens with one attached hydrogen (secondary N) is 1. The minimum Gasteiger partial charge on any atom is -0.323 e. The van der Waals surface area contributed by atoms with Gasteiger partial charge in [0.25, 0.3) is 0 Å². The van der Waals surface area contributed by atoms with Crippen molar-refractivity contribution in [2.24, 2.45) is 0 Å². The van der Waals surface area contributed by atoms with Crippen LogP contribution in [0.4, 0.5) is 14.5 Å². The van der Waals surface area contributed by atoms with Gasteiger partial charge in [-0.1, -0.05) is 29.8 Å². The molecule has 2 rings (SSSR count). The zero-order valence-corrected chi connectivity index (χ0v) is 13.8. The largest absolute Gasteiger partial charge is 0.323 e. The number of hydrogen-bond acceptors (Lipinski definition) is 2. The van der Waals surface area contributed by atoms with Crippen molar-refractivity contribution in [3.8, 4) is 0 Å². The van der Waals surface area contributed by atoms with E-state index in [9.17, 15) is 17.8 Å². The maximum atomic E-state index is 13.7. The average Bonchev–Trinajstić information content (AvgIpc) is 2.52. The second-order valence-corrected chi connectivity index (χ2v) is 7.00. The molecule has 2 atom stereocenters. The highest BCUT2D eigenvalue weighted by atomic mass is 35.5. The number of rotatable bonds is 5. The smallest absolute Gasteiger partial charge is 0.239 e. The van der Waals surface area contributed by atoms with Crippen molar-refractivity contribution >= 4 is 34.0 Å². The summed E-state index contributed by atoms with van der Waals surface area (Å²) >= 11 is 5.88. The van der Waals surface area contributed by atoms with Crippen LogP contribution in [0.5, 0.6) is 0 Å². The van der Waals surface area contributed by atoms with E-state index in [2.05, 4.69) is 5.32 Å². The zero-order valence-electron chi connectivity index (χ0n) is 12.2. The third-order valence-corrected chi connectivity index (χ3v) is 5.17. The Morgan fingerprint density at radius 2 is 1.83 bits per heavy atom. The van der Waals surface area contributed by atoms with Gasteiger partial charge in [-0.2, -0.15) is 0 Å². The molecule has 1 amide bonds. The van der Waals surface area contributed by atoms with Crippen LogP contribution in [0, 0.1) is 11.6 Å². The van der Waals surface area contributed by atoms with E-state index in [0.717, 1.165) is 0 Å². The summed E-state index contributed by atoms with van der Waals surface area (Å²) in [4.78, 5) is 12.1. The van der Waals surface area contributed by atoms with Crippen LogP contribution in [0.2, 0.25) is 5.02 Å². The summed E-state index contributed by atoms with van der Waals surface area (Å²) in [5, 5.41) is 1.57. The van der Waals surface area contributed by atoms with Crippen molar-refractivity contribution in [3.63, 3.8) is 0 Å². The average molecular weight is 358 g/mol. The third-order valence-electron chi connectivity index (χ3n) is 3.24. The molecule has 7 heteroatoms. The van der Waals surface area contributed by atoms with Crippen molar-refractivity contribution in [3.05, 3.63) is 64.7 Å². The molecule has 0 saturated heterocycles. The molecule has 0 aliphatic carbocycles. The predicted molar refractivity (Wildman–Crippen MR) is 87.7 cm³/mol. The number of para-hydroxylation sites is 1. The van der Waals surface area contributed by atoms with E-state index in [1.807, 2.05) is 0 Å². The van der Waals surface area contributed by atoms with Gasteiger partial charge in [-0.15, -0.1) is 0 Å². The van der Waals surface area contributed by atoms with Gasteiger partial charge in [-0.05, 0) is 31.2 Å². The van der Waals surface area contributed by atoms with E-state index in [-0.39, 0.29) is 22.0 Å². The number of anilines is 1. The molecule has 1 N–H and O–H groups in total. The monoisotopic (exact) mass is 357 g/mol. The van der Waals surface area contributed by atoms with Crippen molar-refractivity contribution < 1.29 is 17.8 Å². The summed E-state index contributed by atoms with van der Waals surface area (Å²) in [5.74, 6) is -1.97. The first kappa shape index (κ1) is 17.6. The van der Waals surface area contributed by atoms with Gasteiger partial charge >= 0.3 is 0 Å². The van der Waals surface area contributed by atoms with Crippen LogP contribution in [0.25, 0.3) is 0 Å². The van der Waals surface area contributed by atoms with E-state index >= 15 is 0 Å². The van der Waals surface area contributed by atoms with Crippen molar-refractivity contribution in [2.75, 3.05) is 5.32 Å². The van der Waals surface area contributed by atoms with E-state index in [1.54, 1.807) is 6.07 Å². The first-order valence-electron chi connectivity index (χ1n) is 6.75. The molecule has 3 nitrogen and oxygen atoms in total. The minimum absolute atomic E-state index is 0.00488. The summed E-state index contributed by atoms with van der Waals surface area (Å²) in [7, 11) is -1.71. The Morgan fingerprint density at radius 1 is 1.17 bits per heavy atom. The van der Waals surface area contributed by atoms with E-state index < -0.39 is 33.6 Å². The van der Waals surface area contributed by atoms with Crippen LogP contribution in [0.15, 0.2) is 42.5 Å². The molecule has 0 fully saturated rings. The Morgan fingerprint density at radius 3 is 2.48 bits per heavy atom. The molecule has 0 spiro atoms. The lowest BCUT2D eigenvalue weighted by Crippen LogP contribution is -2.30. The molecule has 0 bridgehead atoms. The van der Waals surface area contributed by atoms with Crippen molar-refractivity contribution in [2.45, 2.75) is 17.9 Å². The minimum atomic E-state index is -1.71. The molecule has 0 aromatic heterocycles. The molecule has 0 aliphatic rings. The molecule has 23 heavy (non-hydrogen) atoms. The lowest BCUT2D eigenvalue weighted by Gasteiger charge is -2.13. The lowest BCUT2D eigenvalue weighted by molar-refractivity contribution is -0.115. The summed E-state index contributed by atoms with van der Waals surface area (Å²) in [6.45, 7) is 1.43. The summed E-state index contributed by atoms with van der Waals surface area (Å²) < 4.78 is 39.5. The second-order valence-electron chi connectivity index (χ2n) is 4.84. The van der Waals surface area contributed by atoms with E-state index in [1.165, 1.54) is 43.3 Å². The maximum Gasteiger partial charge on any atom is 0.239 e. The Bertz CT molecular complexity index is 734. The number of halogens is 3. The Balaban J connectivity index is 2.07. The van der Waals surface area contributed by atoms with Gasteiger partial charge in [0.15, 0.2) is 0 Å². The standard InChI is InChI=1S/C16H14ClF2NO2S/c1-10(16(21)20-15-8-3-2-6-14(15)19)23(22)9-11-12(17)5-4-7-13(11)18/h2-8,10H,9H2,1H3,(H,20,21)/t10-,23+/m1/s1. The van der Waals surface area contributed by atoms with Crippen LogP contribution >= 0.6 is 11.6 Å². The number of amides is 1. The van der Waals surface area contributed by atoms with Crippen LogP contribution in [-0.2, 0) is 21.3 Å². The second kappa shape index (κ2) is 7.66. The highest BCUT2D eigenvalue weighted by Gasteiger charge is 2.23.